The number of hydrogen-bond acceptors (Lipinski definition) is 4. The lowest BCUT2D eigenvalue weighted by atomic mass is 9.96. The van der Waals surface area contributed by atoms with Crippen molar-refractivity contribution < 1.29 is 14.0 Å². The van der Waals surface area contributed by atoms with Crippen LogP contribution in [0.1, 0.15) is 38.8 Å². The Bertz CT molecular complexity index is 1010. The number of fused-ring (bicyclic) bond motifs is 1. The molecule has 4 rings (SSSR count). The fourth-order valence-electron chi connectivity index (χ4n) is 3.38. The van der Waals surface area contributed by atoms with Crippen molar-refractivity contribution in [3.8, 4) is 0 Å². The third kappa shape index (κ3) is 3.65. The molecule has 1 fully saturated rings. The molecule has 3 aromatic rings. The van der Waals surface area contributed by atoms with Gasteiger partial charge >= 0.3 is 0 Å². The van der Waals surface area contributed by atoms with Crippen LogP contribution in [0.5, 0.6) is 0 Å². The first-order valence-electron chi connectivity index (χ1n) is 9.41. The predicted octanol–water partition coefficient (Wildman–Crippen LogP) is 3.44. The standard InChI is InChI=1S/C21H24N4O3/c1-21(2,3)20-23-16-7-6-14(10-17(16)24-20)22-19(27)13-9-18(26)25(11-13)12-15-5-4-8-28-15/h4-8,10,13H,9,11-12H2,1-3H3,(H,22,27)(H,23,24). The number of benzene rings is 1. The van der Waals surface area contributed by atoms with E-state index in [4.69, 9.17) is 4.42 Å². The maximum absolute atomic E-state index is 12.7. The smallest absolute Gasteiger partial charge is 0.229 e. The molecule has 146 valence electrons. The van der Waals surface area contributed by atoms with Crippen LogP contribution in [0.15, 0.2) is 41.0 Å². The van der Waals surface area contributed by atoms with Gasteiger partial charge in [-0.25, -0.2) is 4.98 Å². The van der Waals surface area contributed by atoms with E-state index in [0.717, 1.165) is 16.9 Å². The third-order valence-corrected chi connectivity index (χ3v) is 4.97. The first kappa shape index (κ1) is 18.3. The van der Waals surface area contributed by atoms with Gasteiger partial charge < -0.3 is 19.6 Å². The molecule has 3 heterocycles. The second-order valence-electron chi connectivity index (χ2n) is 8.31. The van der Waals surface area contributed by atoms with Crippen LogP contribution in [-0.4, -0.2) is 33.2 Å². The number of aromatic amines is 1. The summed E-state index contributed by atoms with van der Waals surface area (Å²) in [5, 5.41) is 2.93. The van der Waals surface area contributed by atoms with E-state index < -0.39 is 0 Å². The Kier molecular flexibility index (Phi) is 4.45. The average molecular weight is 380 g/mol. The lowest BCUT2D eigenvalue weighted by Crippen LogP contribution is -2.27. The number of rotatable bonds is 4. The summed E-state index contributed by atoms with van der Waals surface area (Å²) in [6, 6.07) is 9.22. The van der Waals surface area contributed by atoms with Crippen molar-refractivity contribution in [3.05, 3.63) is 48.2 Å². The van der Waals surface area contributed by atoms with E-state index in [1.54, 1.807) is 17.2 Å². The minimum absolute atomic E-state index is 0.0320. The van der Waals surface area contributed by atoms with Crippen molar-refractivity contribution in [2.75, 3.05) is 11.9 Å². The second-order valence-corrected chi connectivity index (χ2v) is 8.31. The molecule has 7 nitrogen and oxygen atoms in total. The lowest BCUT2D eigenvalue weighted by Gasteiger charge is -2.15. The third-order valence-electron chi connectivity index (χ3n) is 4.97. The van der Waals surface area contributed by atoms with Gasteiger partial charge in [-0.05, 0) is 30.3 Å². The highest BCUT2D eigenvalue weighted by molar-refractivity contribution is 5.98. The van der Waals surface area contributed by atoms with Gasteiger partial charge in [-0.2, -0.15) is 0 Å². The molecule has 0 saturated carbocycles. The van der Waals surface area contributed by atoms with E-state index in [2.05, 4.69) is 36.1 Å². The zero-order chi connectivity index (χ0) is 19.9. The molecule has 0 bridgehead atoms. The van der Waals surface area contributed by atoms with Gasteiger partial charge in [-0.15, -0.1) is 0 Å². The molecule has 7 heteroatoms. The quantitative estimate of drug-likeness (QED) is 0.725. The molecule has 2 aromatic heterocycles. The summed E-state index contributed by atoms with van der Waals surface area (Å²) in [6.45, 7) is 7.08. The number of nitrogens with one attached hydrogen (secondary N) is 2. The van der Waals surface area contributed by atoms with Crippen molar-refractivity contribution in [3.63, 3.8) is 0 Å². The number of nitrogens with zero attached hydrogens (tertiary/aromatic N) is 2. The number of likely N-dealkylation sites (tertiary alicyclic amines) is 1. The van der Waals surface area contributed by atoms with Crippen LogP contribution in [0.4, 0.5) is 5.69 Å². The Balaban J connectivity index is 1.44. The lowest BCUT2D eigenvalue weighted by molar-refractivity contribution is -0.128. The molecule has 2 amide bonds. The van der Waals surface area contributed by atoms with Gasteiger partial charge in [0.05, 0.1) is 29.8 Å². The number of amides is 2. The summed E-state index contributed by atoms with van der Waals surface area (Å²) in [7, 11) is 0. The van der Waals surface area contributed by atoms with E-state index in [1.165, 1.54) is 0 Å². The van der Waals surface area contributed by atoms with E-state index >= 15 is 0 Å². The van der Waals surface area contributed by atoms with Crippen molar-refractivity contribution in [2.24, 2.45) is 5.92 Å². The number of H-pyrrole nitrogens is 1. The highest BCUT2D eigenvalue weighted by atomic mass is 16.3. The zero-order valence-corrected chi connectivity index (χ0v) is 16.3. The summed E-state index contributed by atoms with van der Waals surface area (Å²) in [6.07, 6.45) is 1.80. The second kappa shape index (κ2) is 6.82. The average Bonchev–Trinajstić information content (AvgIpc) is 3.35. The first-order chi connectivity index (χ1) is 13.3. The fraction of sp³-hybridized carbons (Fsp3) is 0.381. The first-order valence-corrected chi connectivity index (χ1v) is 9.41. The molecule has 0 aliphatic carbocycles. The van der Waals surface area contributed by atoms with Crippen LogP contribution < -0.4 is 5.32 Å². The van der Waals surface area contributed by atoms with Gasteiger partial charge in [0.1, 0.15) is 11.6 Å². The highest BCUT2D eigenvalue weighted by Crippen LogP contribution is 2.26. The SMILES string of the molecule is CC(C)(C)c1nc2ccc(NC(=O)C3CC(=O)N(Cc4ccco4)C3)cc2[nH]1. The van der Waals surface area contributed by atoms with Crippen LogP contribution in [-0.2, 0) is 21.5 Å². The highest BCUT2D eigenvalue weighted by Gasteiger charge is 2.34. The van der Waals surface area contributed by atoms with E-state index in [-0.39, 0.29) is 29.6 Å². The van der Waals surface area contributed by atoms with Crippen LogP contribution >= 0.6 is 0 Å². The van der Waals surface area contributed by atoms with Gasteiger partial charge in [0.25, 0.3) is 0 Å². The molecule has 1 aliphatic rings. The number of aromatic nitrogens is 2. The number of carbonyl (C=O) groups excluding carboxylic acids is 2. The molecule has 1 atom stereocenters. The van der Waals surface area contributed by atoms with Crippen molar-refractivity contribution in [2.45, 2.75) is 39.2 Å². The largest absolute Gasteiger partial charge is 0.467 e. The number of hydrogen-bond donors (Lipinski definition) is 2. The van der Waals surface area contributed by atoms with Crippen molar-refractivity contribution in [1.82, 2.24) is 14.9 Å². The summed E-state index contributed by atoms with van der Waals surface area (Å²) in [5.74, 6) is 1.07. The molecule has 0 spiro atoms. The Morgan fingerprint density at radius 3 is 2.89 bits per heavy atom. The molecule has 1 aromatic carbocycles. The normalized spacial score (nSPS) is 17.5. The Hall–Kier alpha value is -3.09. The minimum atomic E-state index is -0.370. The number of imidazole rings is 1. The topological polar surface area (TPSA) is 91.2 Å². The summed E-state index contributed by atoms with van der Waals surface area (Å²) in [5.41, 5.74) is 2.36. The van der Waals surface area contributed by atoms with E-state index in [9.17, 15) is 9.59 Å². The van der Waals surface area contributed by atoms with Crippen LogP contribution in [0.3, 0.4) is 0 Å². The van der Waals surface area contributed by atoms with Crippen LogP contribution in [0.25, 0.3) is 11.0 Å². The maximum Gasteiger partial charge on any atom is 0.229 e. The Morgan fingerprint density at radius 1 is 1.36 bits per heavy atom. The summed E-state index contributed by atoms with van der Waals surface area (Å²) < 4.78 is 5.30. The fourth-order valence-corrected chi connectivity index (χ4v) is 3.38. The van der Waals surface area contributed by atoms with Crippen LogP contribution in [0.2, 0.25) is 0 Å². The number of carbonyl (C=O) groups is 2. The van der Waals surface area contributed by atoms with Gasteiger partial charge in [-0.1, -0.05) is 20.8 Å². The Labute approximate surface area is 163 Å². The van der Waals surface area contributed by atoms with E-state index in [1.807, 2.05) is 24.3 Å². The van der Waals surface area contributed by atoms with Gasteiger partial charge in [0, 0.05) is 24.1 Å². The molecule has 0 radical (unpaired) electrons. The minimum Gasteiger partial charge on any atom is -0.467 e. The van der Waals surface area contributed by atoms with Crippen LogP contribution in [0, 0.1) is 5.92 Å². The molecule has 1 unspecified atom stereocenters. The molecule has 1 aliphatic heterocycles. The molecular weight excluding hydrogens is 356 g/mol. The van der Waals surface area contributed by atoms with Gasteiger partial charge in [-0.3, -0.25) is 9.59 Å². The maximum atomic E-state index is 12.7. The molecular formula is C21H24N4O3. The number of furan rings is 1. The molecule has 1 saturated heterocycles. The van der Waals surface area contributed by atoms with Crippen molar-refractivity contribution >= 4 is 28.5 Å². The Morgan fingerprint density at radius 2 is 2.18 bits per heavy atom. The number of anilines is 1. The predicted molar refractivity (Wildman–Crippen MR) is 106 cm³/mol. The summed E-state index contributed by atoms with van der Waals surface area (Å²) >= 11 is 0. The van der Waals surface area contributed by atoms with E-state index in [0.29, 0.717) is 24.5 Å². The van der Waals surface area contributed by atoms with Gasteiger partial charge in [0.2, 0.25) is 11.8 Å². The monoisotopic (exact) mass is 380 g/mol. The molecule has 28 heavy (non-hydrogen) atoms. The summed E-state index contributed by atoms with van der Waals surface area (Å²) in [4.78, 5) is 34.5. The van der Waals surface area contributed by atoms with Crippen molar-refractivity contribution in [1.29, 1.82) is 0 Å². The zero-order valence-electron chi connectivity index (χ0n) is 16.3. The van der Waals surface area contributed by atoms with Gasteiger partial charge in [0.15, 0.2) is 0 Å². The molecule has 2 N–H and O–H groups in total.